The van der Waals surface area contributed by atoms with E-state index in [1.54, 1.807) is 38.3 Å². The van der Waals surface area contributed by atoms with Crippen LogP contribution in [0.5, 0.6) is 5.75 Å². The van der Waals surface area contributed by atoms with E-state index in [2.05, 4.69) is 9.97 Å². The molecule has 2 aliphatic heterocycles. The number of guanidine groups is 1. The SMILES string of the molecule is COc1ccc2c(c1)C1(N=C(N)N(C)C1=O)c1cc(-c3cncnc3)ccc1S2. The lowest BCUT2D eigenvalue weighted by Crippen LogP contribution is -2.42. The van der Waals surface area contributed by atoms with Crippen molar-refractivity contribution >= 4 is 23.6 Å². The third-order valence-corrected chi connectivity index (χ3v) is 6.45. The quantitative estimate of drug-likeness (QED) is 0.707. The second-order valence-electron chi connectivity index (χ2n) is 6.85. The van der Waals surface area contributed by atoms with E-state index >= 15 is 0 Å². The Morgan fingerprint density at radius 3 is 2.38 bits per heavy atom. The van der Waals surface area contributed by atoms with Crippen molar-refractivity contribution in [2.24, 2.45) is 10.7 Å². The predicted octanol–water partition coefficient (Wildman–Crippen LogP) is 2.65. The van der Waals surface area contributed by atoms with Crippen molar-refractivity contribution in [1.82, 2.24) is 14.9 Å². The number of carbonyl (C=O) groups is 1. The number of amides is 1. The molecule has 3 heterocycles. The second kappa shape index (κ2) is 6.31. The van der Waals surface area contributed by atoms with E-state index in [0.29, 0.717) is 5.75 Å². The normalized spacial score (nSPS) is 19.7. The number of likely N-dealkylation sites (N-methyl/N-ethyl adjacent to an activating group) is 1. The molecule has 0 radical (unpaired) electrons. The van der Waals surface area contributed by atoms with Crippen molar-refractivity contribution < 1.29 is 9.53 Å². The largest absolute Gasteiger partial charge is 0.497 e. The standard InChI is InChI=1S/C21H17N5O2S/c1-26-19(27)21(25-20(26)22)15-7-12(13-9-23-11-24-10-13)3-5-17(15)29-18-6-4-14(28-2)8-16(18)21/h3-11H,1-2H3,(H2,22,25). The van der Waals surface area contributed by atoms with Crippen LogP contribution in [-0.2, 0) is 10.3 Å². The van der Waals surface area contributed by atoms with Crippen molar-refractivity contribution in [3.8, 4) is 16.9 Å². The summed E-state index contributed by atoms with van der Waals surface area (Å²) in [6.45, 7) is 0. The second-order valence-corrected chi connectivity index (χ2v) is 7.93. The average Bonchev–Trinajstić information content (AvgIpc) is 2.99. The summed E-state index contributed by atoms with van der Waals surface area (Å²) in [7, 11) is 3.25. The summed E-state index contributed by atoms with van der Waals surface area (Å²) in [6.07, 6.45) is 4.98. The first-order valence-electron chi connectivity index (χ1n) is 8.94. The maximum atomic E-state index is 13.5. The van der Waals surface area contributed by atoms with Crippen LogP contribution < -0.4 is 10.5 Å². The van der Waals surface area contributed by atoms with Crippen molar-refractivity contribution in [2.45, 2.75) is 15.3 Å². The molecule has 0 fully saturated rings. The van der Waals surface area contributed by atoms with Crippen LogP contribution in [-0.4, -0.2) is 40.9 Å². The van der Waals surface area contributed by atoms with E-state index in [1.165, 1.54) is 11.2 Å². The van der Waals surface area contributed by atoms with Crippen LogP contribution in [0.1, 0.15) is 11.1 Å². The molecule has 2 aromatic carbocycles. The zero-order valence-corrected chi connectivity index (χ0v) is 16.6. The number of rotatable bonds is 2. The van der Waals surface area contributed by atoms with Gasteiger partial charge in [-0.25, -0.2) is 15.0 Å². The lowest BCUT2D eigenvalue weighted by Gasteiger charge is -2.34. The Labute approximate surface area is 171 Å². The van der Waals surface area contributed by atoms with Gasteiger partial charge in [-0.3, -0.25) is 9.69 Å². The summed E-state index contributed by atoms with van der Waals surface area (Å²) >= 11 is 1.60. The summed E-state index contributed by atoms with van der Waals surface area (Å²) in [5.74, 6) is 0.665. The van der Waals surface area contributed by atoms with Crippen LogP contribution in [0.2, 0.25) is 0 Å². The monoisotopic (exact) mass is 403 g/mol. The fourth-order valence-corrected chi connectivity index (χ4v) is 4.94. The molecular formula is C21H17N5O2S. The summed E-state index contributed by atoms with van der Waals surface area (Å²) in [5.41, 5.74) is 8.20. The van der Waals surface area contributed by atoms with Gasteiger partial charge in [-0.1, -0.05) is 17.8 Å². The van der Waals surface area contributed by atoms with Gasteiger partial charge in [0.25, 0.3) is 5.91 Å². The minimum absolute atomic E-state index is 0.187. The number of nitrogens with two attached hydrogens (primary N) is 1. The molecule has 1 atom stereocenters. The van der Waals surface area contributed by atoms with Crippen LogP contribution in [0, 0.1) is 0 Å². The highest BCUT2D eigenvalue weighted by atomic mass is 32.2. The molecule has 2 aliphatic rings. The smallest absolute Gasteiger partial charge is 0.266 e. The lowest BCUT2D eigenvalue weighted by molar-refractivity contribution is -0.129. The molecule has 7 nitrogen and oxygen atoms in total. The van der Waals surface area contributed by atoms with E-state index in [4.69, 9.17) is 15.5 Å². The van der Waals surface area contributed by atoms with Gasteiger partial charge in [0.1, 0.15) is 12.1 Å². The first kappa shape index (κ1) is 17.7. The molecular weight excluding hydrogens is 386 g/mol. The third kappa shape index (κ3) is 2.45. The fraction of sp³-hybridized carbons (Fsp3) is 0.143. The highest BCUT2D eigenvalue weighted by Gasteiger charge is 2.53. The molecule has 1 amide bonds. The molecule has 0 saturated heterocycles. The Morgan fingerprint density at radius 2 is 1.72 bits per heavy atom. The van der Waals surface area contributed by atoms with Gasteiger partial charge in [0.15, 0.2) is 11.5 Å². The Balaban J connectivity index is 1.80. The summed E-state index contributed by atoms with van der Waals surface area (Å²) in [4.78, 5) is 29.8. The molecule has 8 heteroatoms. The number of methoxy groups -OCH3 is 1. The Kier molecular flexibility index (Phi) is 3.85. The van der Waals surface area contributed by atoms with Gasteiger partial charge in [-0.05, 0) is 35.9 Å². The molecule has 29 heavy (non-hydrogen) atoms. The van der Waals surface area contributed by atoms with Gasteiger partial charge in [0, 0.05) is 45.9 Å². The molecule has 1 spiro atoms. The zero-order chi connectivity index (χ0) is 20.2. The molecule has 3 aromatic rings. The zero-order valence-electron chi connectivity index (χ0n) is 15.8. The molecule has 0 bridgehead atoms. The maximum absolute atomic E-state index is 13.5. The van der Waals surface area contributed by atoms with Crippen LogP contribution in [0.4, 0.5) is 0 Å². The summed E-state index contributed by atoms with van der Waals surface area (Å²) < 4.78 is 5.42. The Bertz CT molecular complexity index is 1180. The van der Waals surface area contributed by atoms with Gasteiger partial charge in [0.2, 0.25) is 0 Å². The number of fused-ring (bicyclic) bond motifs is 4. The molecule has 144 valence electrons. The topological polar surface area (TPSA) is 93.7 Å². The van der Waals surface area contributed by atoms with E-state index in [-0.39, 0.29) is 11.9 Å². The molecule has 1 aromatic heterocycles. The number of carbonyl (C=O) groups excluding carboxylic acids is 1. The van der Waals surface area contributed by atoms with Gasteiger partial charge in [-0.15, -0.1) is 0 Å². The summed E-state index contributed by atoms with van der Waals surface area (Å²) in [6, 6.07) is 11.7. The number of aliphatic imine (C=N–C) groups is 1. The van der Waals surface area contributed by atoms with Crippen molar-refractivity contribution in [2.75, 3.05) is 14.2 Å². The molecule has 5 rings (SSSR count). The fourth-order valence-electron chi connectivity index (χ4n) is 3.79. The number of hydrogen-bond donors (Lipinski definition) is 1. The van der Waals surface area contributed by atoms with Crippen molar-refractivity contribution in [3.63, 3.8) is 0 Å². The van der Waals surface area contributed by atoms with Gasteiger partial charge >= 0.3 is 0 Å². The van der Waals surface area contributed by atoms with E-state index in [0.717, 1.165) is 32.0 Å². The van der Waals surface area contributed by atoms with Crippen LogP contribution >= 0.6 is 11.8 Å². The highest BCUT2D eigenvalue weighted by Crippen LogP contribution is 2.53. The third-order valence-electron chi connectivity index (χ3n) is 5.30. The van der Waals surface area contributed by atoms with Gasteiger partial charge < -0.3 is 10.5 Å². The minimum Gasteiger partial charge on any atom is -0.497 e. The molecule has 0 aliphatic carbocycles. The lowest BCUT2D eigenvalue weighted by atomic mass is 9.81. The number of benzene rings is 2. The van der Waals surface area contributed by atoms with Gasteiger partial charge in [-0.2, -0.15) is 0 Å². The van der Waals surface area contributed by atoms with Crippen LogP contribution in [0.3, 0.4) is 0 Å². The van der Waals surface area contributed by atoms with E-state index in [1.807, 2.05) is 36.4 Å². The van der Waals surface area contributed by atoms with E-state index < -0.39 is 5.54 Å². The number of ether oxygens (including phenoxy) is 1. The van der Waals surface area contributed by atoms with Crippen LogP contribution in [0.25, 0.3) is 11.1 Å². The minimum atomic E-state index is -1.24. The first-order chi connectivity index (χ1) is 14.0. The average molecular weight is 403 g/mol. The number of aromatic nitrogens is 2. The highest BCUT2D eigenvalue weighted by molar-refractivity contribution is 7.99. The number of hydrogen-bond acceptors (Lipinski definition) is 7. The summed E-state index contributed by atoms with van der Waals surface area (Å²) in [5, 5.41) is 0. The predicted molar refractivity (Wildman–Crippen MR) is 110 cm³/mol. The maximum Gasteiger partial charge on any atom is 0.266 e. The van der Waals surface area contributed by atoms with Crippen molar-refractivity contribution in [1.29, 1.82) is 0 Å². The first-order valence-corrected chi connectivity index (χ1v) is 9.76. The number of nitrogens with zero attached hydrogens (tertiary/aromatic N) is 4. The molecule has 2 N–H and O–H groups in total. The molecule has 0 saturated carbocycles. The Hall–Kier alpha value is -3.39. The van der Waals surface area contributed by atoms with E-state index in [9.17, 15) is 4.79 Å². The molecule has 1 unspecified atom stereocenters. The van der Waals surface area contributed by atoms with Crippen LogP contribution in [0.15, 0.2) is 69.9 Å². The van der Waals surface area contributed by atoms with Crippen molar-refractivity contribution in [3.05, 3.63) is 66.2 Å². The van der Waals surface area contributed by atoms with Gasteiger partial charge in [0.05, 0.1) is 7.11 Å². The Morgan fingerprint density at radius 1 is 1.03 bits per heavy atom.